The molecule has 0 spiro atoms. The maximum Gasteiger partial charge on any atom is 0.318 e. The van der Waals surface area contributed by atoms with Crippen molar-refractivity contribution in [1.82, 2.24) is 10.2 Å². The highest BCUT2D eigenvalue weighted by Gasteiger charge is 2.29. The van der Waals surface area contributed by atoms with Gasteiger partial charge in [-0.05, 0) is 19.4 Å². The molecule has 1 aromatic rings. The molecule has 18 heavy (non-hydrogen) atoms. The van der Waals surface area contributed by atoms with E-state index >= 15 is 0 Å². The molecule has 96 valence electrons. The van der Waals surface area contributed by atoms with E-state index in [9.17, 15) is 9.59 Å². The van der Waals surface area contributed by atoms with Crippen LogP contribution in [0.4, 0.5) is 4.79 Å². The molecule has 0 saturated carbocycles. The summed E-state index contributed by atoms with van der Waals surface area (Å²) in [5.74, 6) is 0.113. The van der Waals surface area contributed by atoms with Gasteiger partial charge in [-0.1, -0.05) is 29.8 Å². The number of carbonyl (C=O) groups is 2. The molecule has 0 radical (unpaired) electrons. The van der Waals surface area contributed by atoms with Crippen molar-refractivity contribution < 1.29 is 9.59 Å². The van der Waals surface area contributed by atoms with Crippen LogP contribution in [-0.4, -0.2) is 29.8 Å². The molecular formula is C14H18N2O2. The Kier molecular flexibility index (Phi) is 3.65. The molecule has 4 nitrogen and oxygen atoms in total. The first-order valence-corrected chi connectivity index (χ1v) is 6.17. The Hall–Kier alpha value is -1.84. The van der Waals surface area contributed by atoms with Crippen LogP contribution in [0.5, 0.6) is 0 Å². The number of rotatable bonds is 4. The molecule has 2 rings (SSSR count). The van der Waals surface area contributed by atoms with Crippen molar-refractivity contribution in [2.75, 3.05) is 13.1 Å². The Morgan fingerprint density at radius 3 is 2.67 bits per heavy atom. The summed E-state index contributed by atoms with van der Waals surface area (Å²) < 4.78 is 0. The Balaban J connectivity index is 1.99. The Labute approximate surface area is 107 Å². The van der Waals surface area contributed by atoms with E-state index in [4.69, 9.17) is 0 Å². The zero-order chi connectivity index (χ0) is 13.1. The minimum atomic E-state index is -0.0816. The number of urea groups is 1. The lowest BCUT2D eigenvalue weighted by molar-refractivity contribution is -0.117. The van der Waals surface area contributed by atoms with Crippen LogP contribution in [0.25, 0.3) is 0 Å². The molecule has 2 amide bonds. The van der Waals surface area contributed by atoms with Gasteiger partial charge in [0.15, 0.2) is 0 Å². The normalized spacial score (nSPS) is 18.9. The van der Waals surface area contributed by atoms with E-state index < -0.39 is 0 Å². The molecule has 1 saturated heterocycles. The summed E-state index contributed by atoms with van der Waals surface area (Å²) in [5, 5.41) is 2.94. The van der Waals surface area contributed by atoms with E-state index in [1.165, 1.54) is 5.56 Å². The Bertz CT molecular complexity index is 453. The molecule has 1 atom stereocenters. The summed E-state index contributed by atoms with van der Waals surface area (Å²) in [6, 6.07) is 8.11. The van der Waals surface area contributed by atoms with Crippen molar-refractivity contribution in [3.63, 3.8) is 0 Å². The summed E-state index contributed by atoms with van der Waals surface area (Å²) in [6.45, 7) is 4.72. The first-order chi connectivity index (χ1) is 8.56. The lowest BCUT2D eigenvalue weighted by Gasteiger charge is -2.13. The van der Waals surface area contributed by atoms with Crippen LogP contribution in [0.2, 0.25) is 0 Å². The monoisotopic (exact) mass is 246 g/mol. The molecule has 0 aliphatic carbocycles. The fourth-order valence-electron chi connectivity index (χ4n) is 2.06. The van der Waals surface area contributed by atoms with Gasteiger partial charge in [0.25, 0.3) is 0 Å². The molecule has 1 aromatic carbocycles. The molecule has 1 aliphatic rings. The van der Waals surface area contributed by atoms with Crippen molar-refractivity contribution in [2.45, 2.75) is 26.3 Å². The highest BCUT2D eigenvalue weighted by atomic mass is 16.2. The van der Waals surface area contributed by atoms with E-state index in [0.717, 1.165) is 5.56 Å². The van der Waals surface area contributed by atoms with Gasteiger partial charge >= 0.3 is 6.03 Å². The van der Waals surface area contributed by atoms with E-state index in [1.54, 1.807) is 11.8 Å². The highest BCUT2D eigenvalue weighted by Crippen LogP contribution is 2.20. The van der Waals surface area contributed by atoms with E-state index in [0.29, 0.717) is 19.5 Å². The number of Topliss-reactive ketones (excluding diaryl/α,β-unsaturated/α-hetero) is 1. The molecule has 1 N–H and O–H groups in total. The van der Waals surface area contributed by atoms with E-state index in [-0.39, 0.29) is 17.9 Å². The third-order valence-electron chi connectivity index (χ3n) is 3.20. The van der Waals surface area contributed by atoms with Gasteiger partial charge in [0.2, 0.25) is 0 Å². The van der Waals surface area contributed by atoms with Gasteiger partial charge in [-0.3, -0.25) is 4.79 Å². The topological polar surface area (TPSA) is 49.4 Å². The van der Waals surface area contributed by atoms with Crippen LogP contribution >= 0.6 is 0 Å². The van der Waals surface area contributed by atoms with Crippen molar-refractivity contribution in [3.8, 4) is 0 Å². The second kappa shape index (κ2) is 5.21. The minimum absolute atomic E-state index is 0.0325. The van der Waals surface area contributed by atoms with Gasteiger partial charge in [0, 0.05) is 19.5 Å². The molecule has 0 bridgehead atoms. The molecule has 1 fully saturated rings. The van der Waals surface area contributed by atoms with Gasteiger partial charge in [0.05, 0.1) is 6.04 Å². The summed E-state index contributed by atoms with van der Waals surface area (Å²) in [6.07, 6.45) is 0.425. The molecular weight excluding hydrogens is 228 g/mol. The van der Waals surface area contributed by atoms with E-state index in [1.807, 2.05) is 31.2 Å². The maximum atomic E-state index is 11.7. The fraction of sp³-hybridized carbons (Fsp3) is 0.429. The standard InChI is InChI=1S/C14H18N2O2/c1-10-3-5-12(6-4-10)13-9-16(14(18)15-13)8-7-11(2)17/h3-6,13H,7-9H2,1-2H3,(H,15,18). The number of nitrogens with one attached hydrogen (secondary N) is 1. The summed E-state index contributed by atoms with van der Waals surface area (Å²) in [4.78, 5) is 24.4. The summed E-state index contributed by atoms with van der Waals surface area (Å²) in [7, 11) is 0. The van der Waals surface area contributed by atoms with Crippen LogP contribution in [0, 0.1) is 6.92 Å². The van der Waals surface area contributed by atoms with Gasteiger partial charge in [-0.15, -0.1) is 0 Å². The number of benzene rings is 1. The van der Waals surface area contributed by atoms with Crippen molar-refractivity contribution in [3.05, 3.63) is 35.4 Å². The van der Waals surface area contributed by atoms with Crippen molar-refractivity contribution >= 4 is 11.8 Å². The van der Waals surface area contributed by atoms with Crippen LogP contribution < -0.4 is 5.32 Å². The Morgan fingerprint density at radius 2 is 2.06 bits per heavy atom. The zero-order valence-corrected chi connectivity index (χ0v) is 10.8. The van der Waals surface area contributed by atoms with Gasteiger partial charge < -0.3 is 10.2 Å². The number of hydrogen-bond acceptors (Lipinski definition) is 2. The number of aryl methyl sites for hydroxylation is 1. The van der Waals surface area contributed by atoms with Crippen LogP contribution in [0.15, 0.2) is 24.3 Å². The first-order valence-electron chi connectivity index (χ1n) is 6.17. The fourth-order valence-corrected chi connectivity index (χ4v) is 2.06. The van der Waals surface area contributed by atoms with Crippen LogP contribution in [0.1, 0.15) is 30.5 Å². The lowest BCUT2D eigenvalue weighted by atomic mass is 10.1. The average molecular weight is 246 g/mol. The van der Waals surface area contributed by atoms with Gasteiger partial charge in [-0.2, -0.15) is 0 Å². The zero-order valence-electron chi connectivity index (χ0n) is 10.8. The Morgan fingerprint density at radius 1 is 1.39 bits per heavy atom. The van der Waals surface area contributed by atoms with Gasteiger partial charge in [0.1, 0.15) is 5.78 Å². The van der Waals surface area contributed by atoms with Gasteiger partial charge in [-0.25, -0.2) is 4.79 Å². The minimum Gasteiger partial charge on any atom is -0.329 e. The third kappa shape index (κ3) is 2.88. The maximum absolute atomic E-state index is 11.7. The third-order valence-corrected chi connectivity index (χ3v) is 3.20. The predicted octanol–water partition coefficient (Wildman–Crippen LogP) is 2.04. The number of ketones is 1. The second-order valence-electron chi connectivity index (χ2n) is 4.81. The number of amides is 2. The molecule has 4 heteroatoms. The smallest absolute Gasteiger partial charge is 0.318 e. The quantitative estimate of drug-likeness (QED) is 0.883. The highest BCUT2D eigenvalue weighted by molar-refractivity contribution is 5.79. The second-order valence-corrected chi connectivity index (χ2v) is 4.81. The molecule has 1 aliphatic heterocycles. The predicted molar refractivity (Wildman–Crippen MR) is 69.3 cm³/mol. The average Bonchev–Trinajstić information content (AvgIpc) is 2.69. The van der Waals surface area contributed by atoms with Crippen LogP contribution in [0.3, 0.4) is 0 Å². The van der Waals surface area contributed by atoms with Crippen molar-refractivity contribution in [2.24, 2.45) is 0 Å². The SMILES string of the molecule is CC(=O)CCN1CC(c2ccc(C)cc2)NC1=O. The summed E-state index contributed by atoms with van der Waals surface area (Å²) >= 11 is 0. The first kappa shape index (κ1) is 12.6. The number of hydrogen-bond donors (Lipinski definition) is 1. The van der Waals surface area contributed by atoms with E-state index in [2.05, 4.69) is 5.32 Å². The lowest BCUT2D eigenvalue weighted by Crippen LogP contribution is -2.29. The number of carbonyl (C=O) groups excluding carboxylic acids is 2. The summed E-state index contributed by atoms with van der Waals surface area (Å²) in [5.41, 5.74) is 2.32. The van der Waals surface area contributed by atoms with Crippen LogP contribution in [-0.2, 0) is 4.79 Å². The molecule has 0 aromatic heterocycles. The number of nitrogens with zero attached hydrogens (tertiary/aromatic N) is 1. The molecule has 1 unspecified atom stereocenters. The van der Waals surface area contributed by atoms with Crippen molar-refractivity contribution in [1.29, 1.82) is 0 Å². The largest absolute Gasteiger partial charge is 0.329 e. The molecule has 1 heterocycles.